The van der Waals surface area contributed by atoms with Gasteiger partial charge in [-0.2, -0.15) is 0 Å². The van der Waals surface area contributed by atoms with Gasteiger partial charge in [0.15, 0.2) is 6.10 Å². The highest BCUT2D eigenvalue weighted by Crippen LogP contribution is 2.42. The quantitative estimate of drug-likeness (QED) is 0.651. The Hall–Kier alpha value is -1.34. The molecule has 5 fully saturated rings. The van der Waals surface area contributed by atoms with E-state index in [0.29, 0.717) is 37.5 Å². The van der Waals surface area contributed by atoms with Crippen LogP contribution in [0.2, 0.25) is 0 Å². The Morgan fingerprint density at radius 1 is 1.06 bits per heavy atom. The van der Waals surface area contributed by atoms with E-state index in [9.17, 15) is 9.59 Å². The van der Waals surface area contributed by atoms with Crippen LogP contribution >= 0.6 is 0 Å². The lowest BCUT2D eigenvalue weighted by Crippen LogP contribution is -2.68. The fourth-order valence-corrected chi connectivity index (χ4v) is 5.78. The molecule has 3 saturated carbocycles. The number of hydrogen-bond donors (Lipinski definition) is 1. The second-order valence-electron chi connectivity index (χ2n) is 11.2. The molecule has 33 heavy (non-hydrogen) atoms. The van der Waals surface area contributed by atoms with Crippen molar-refractivity contribution in [1.29, 1.82) is 0 Å². The summed E-state index contributed by atoms with van der Waals surface area (Å²) in [5.41, 5.74) is 0. The molecule has 5 rings (SSSR count). The average molecular weight is 464 g/mol. The van der Waals surface area contributed by atoms with E-state index in [1.54, 1.807) is 0 Å². The lowest BCUT2D eigenvalue weighted by atomic mass is 9.72. The molecule has 7 heteroatoms. The van der Waals surface area contributed by atoms with E-state index in [1.807, 2.05) is 11.9 Å². The maximum atomic E-state index is 13.1. The van der Waals surface area contributed by atoms with Crippen molar-refractivity contribution in [3.05, 3.63) is 0 Å². The molecule has 3 aliphatic carbocycles. The summed E-state index contributed by atoms with van der Waals surface area (Å²) in [6.07, 6.45) is 8.88. The summed E-state index contributed by atoms with van der Waals surface area (Å²) < 4.78 is 10.9. The van der Waals surface area contributed by atoms with Crippen LogP contribution in [-0.2, 0) is 14.3 Å². The predicted octanol–water partition coefficient (Wildman–Crippen LogP) is 3.66. The van der Waals surface area contributed by atoms with E-state index < -0.39 is 0 Å². The molecule has 0 aromatic heterocycles. The summed E-state index contributed by atoms with van der Waals surface area (Å²) >= 11 is 0. The van der Waals surface area contributed by atoms with Crippen LogP contribution in [0.4, 0.5) is 4.79 Å². The van der Waals surface area contributed by atoms with Gasteiger partial charge in [0.2, 0.25) is 5.91 Å². The van der Waals surface area contributed by atoms with Crippen LogP contribution in [0.1, 0.15) is 72.1 Å². The second kappa shape index (κ2) is 10.9. The standard InChI is InChI=1S/C22H37N3O4.C4H8/c1-4-15(10-23-3)17-7-8-19-20(9-17)24(22(27)29-18-12-28-13-18)11-14(2)25(19)21(26)16-5-6-16;1-4-2-3-4/h14-20,23H,4-13H2,1-3H3;4H,2-3H2,1H3. The number of carbonyl (C=O) groups is 2. The molecule has 7 nitrogen and oxygen atoms in total. The van der Waals surface area contributed by atoms with Gasteiger partial charge in [-0.3, -0.25) is 4.79 Å². The van der Waals surface area contributed by atoms with Gasteiger partial charge in [0.1, 0.15) is 0 Å². The Morgan fingerprint density at radius 3 is 2.27 bits per heavy atom. The third-order valence-corrected chi connectivity index (χ3v) is 8.33. The fourth-order valence-electron chi connectivity index (χ4n) is 5.78. The van der Waals surface area contributed by atoms with Crippen molar-refractivity contribution in [1.82, 2.24) is 15.1 Å². The largest absolute Gasteiger partial charge is 0.441 e. The number of ether oxygens (including phenoxy) is 2. The number of amides is 2. The van der Waals surface area contributed by atoms with Crippen LogP contribution in [0.15, 0.2) is 0 Å². The van der Waals surface area contributed by atoms with Crippen molar-refractivity contribution >= 4 is 12.0 Å². The molecule has 0 aromatic rings. The van der Waals surface area contributed by atoms with Crippen LogP contribution < -0.4 is 5.32 Å². The van der Waals surface area contributed by atoms with Crippen molar-refractivity contribution in [2.45, 2.75) is 96.4 Å². The van der Waals surface area contributed by atoms with Gasteiger partial charge in [-0.1, -0.05) is 33.1 Å². The van der Waals surface area contributed by atoms with Gasteiger partial charge in [0.25, 0.3) is 0 Å². The summed E-state index contributed by atoms with van der Waals surface area (Å²) in [5, 5.41) is 3.34. The maximum absolute atomic E-state index is 13.1. The number of nitrogens with one attached hydrogen (secondary N) is 1. The molecule has 0 bridgehead atoms. The molecule has 188 valence electrons. The lowest BCUT2D eigenvalue weighted by Gasteiger charge is -2.54. The highest BCUT2D eigenvalue weighted by molar-refractivity contribution is 5.82. The minimum absolute atomic E-state index is 0.0466. The van der Waals surface area contributed by atoms with E-state index in [4.69, 9.17) is 9.47 Å². The van der Waals surface area contributed by atoms with Gasteiger partial charge < -0.3 is 24.6 Å². The summed E-state index contributed by atoms with van der Waals surface area (Å²) in [6, 6.07) is 0.234. The minimum atomic E-state index is -0.221. The normalized spacial score (nSPS) is 32.7. The van der Waals surface area contributed by atoms with Gasteiger partial charge in [-0.15, -0.1) is 0 Å². The number of piperazine rings is 1. The van der Waals surface area contributed by atoms with E-state index in [-0.39, 0.29) is 36.2 Å². The number of carbonyl (C=O) groups excluding carboxylic acids is 2. The minimum Gasteiger partial charge on any atom is -0.441 e. The zero-order chi connectivity index (χ0) is 23.5. The summed E-state index contributed by atoms with van der Waals surface area (Å²) in [6.45, 7) is 9.19. The molecule has 5 unspecified atom stereocenters. The third kappa shape index (κ3) is 6.02. The predicted molar refractivity (Wildman–Crippen MR) is 128 cm³/mol. The smallest absolute Gasteiger partial charge is 0.410 e. The molecular formula is C26H45N3O4. The van der Waals surface area contributed by atoms with E-state index in [1.165, 1.54) is 12.8 Å². The Kier molecular flexibility index (Phi) is 8.21. The molecule has 0 aromatic carbocycles. The van der Waals surface area contributed by atoms with Crippen molar-refractivity contribution in [3.8, 4) is 0 Å². The molecule has 2 aliphatic heterocycles. The summed E-state index contributed by atoms with van der Waals surface area (Å²) in [4.78, 5) is 30.2. The first-order valence-electron chi connectivity index (χ1n) is 13.4. The van der Waals surface area contributed by atoms with Crippen molar-refractivity contribution in [2.75, 3.05) is 33.4 Å². The van der Waals surface area contributed by atoms with Crippen LogP contribution in [0.3, 0.4) is 0 Å². The Labute approximate surface area is 199 Å². The number of hydrogen-bond acceptors (Lipinski definition) is 5. The Balaban J connectivity index is 0.000000586. The molecule has 5 atom stereocenters. The maximum Gasteiger partial charge on any atom is 0.410 e. The van der Waals surface area contributed by atoms with Crippen molar-refractivity contribution in [3.63, 3.8) is 0 Å². The molecule has 2 saturated heterocycles. The number of rotatable bonds is 6. The lowest BCUT2D eigenvalue weighted by molar-refractivity contribution is -0.149. The van der Waals surface area contributed by atoms with E-state index in [2.05, 4.69) is 31.0 Å². The van der Waals surface area contributed by atoms with Crippen LogP contribution in [0.25, 0.3) is 0 Å². The van der Waals surface area contributed by atoms with Crippen molar-refractivity contribution in [2.24, 2.45) is 23.7 Å². The van der Waals surface area contributed by atoms with Gasteiger partial charge in [-0.25, -0.2) is 4.79 Å². The summed E-state index contributed by atoms with van der Waals surface area (Å²) in [7, 11) is 2.01. The van der Waals surface area contributed by atoms with E-state index in [0.717, 1.165) is 51.0 Å². The number of fused-ring (bicyclic) bond motifs is 1. The van der Waals surface area contributed by atoms with Crippen molar-refractivity contribution < 1.29 is 19.1 Å². The van der Waals surface area contributed by atoms with Gasteiger partial charge in [-0.05, 0) is 70.4 Å². The zero-order valence-corrected chi connectivity index (χ0v) is 21.1. The fraction of sp³-hybridized carbons (Fsp3) is 0.923. The highest BCUT2D eigenvalue weighted by atomic mass is 16.6. The monoisotopic (exact) mass is 463 g/mol. The highest BCUT2D eigenvalue weighted by Gasteiger charge is 2.50. The SMILES string of the molecule is CC1CC1.CCC(CNC)C1CCC2C(C1)N(C(=O)OC1COC1)CC(C)N2C(=O)C1CC1. The number of nitrogens with zero attached hydrogens (tertiary/aromatic N) is 2. The first-order valence-corrected chi connectivity index (χ1v) is 13.4. The molecule has 5 aliphatic rings. The summed E-state index contributed by atoms with van der Waals surface area (Å²) in [5.74, 6) is 2.79. The van der Waals surface area contributed by atoms with Gasteiger partial charge in [0, 0.05) is 18.5 Å². The second-order valence-corrected chi connectivity index (χ2v) is 11.2. The Bertz CT molecular complexity index is 676. The molecule has 2 amide bonds. The van der Waals surface area contributed by atoms with E-state index >= 15 is 0 Å². The topological polar surface area (TPSA) is 71.1 Å². The third-order valence-electron chi connectivity index (χ3n) is 8.33. The molecule has 2 heterocycles. The van der Waals surface area contributed by atoms with Crippen LogP contribution in [0.5, 0.6) is 0 Å². The first kappa shape index (κ1) is 24.8. The van der Waals surface area contributed by atoms with Crippen LogP contribution in [-0.4, -0.2) is 79.4 Å². The molecule has 1 N–H and O–H groups in total. The molecular weight excluding hydrogens is 418 g/mol. The first-order chi connectivity index (χ1) is 15.9. The zero-order valence-electron chi connectivity index (χ0n) is 21.1. The molecule has 0 radical (unpaired) electrons. The van der Waals surface area contributed by atoms with Gasteiger partial charge >= 0.3 is 6.09 Å². The molecule has 0 spiro atoms. The van der Waals surface area contributed by atoms with Crippen LogP contribution in [0, 0.1) is 23.7 Å². The van der Waals surface area contributed by atoms with Gasteiger partial charge in [0.05, 0.1) is 25.3 Å². The Morgan fingerprint density at radius 2 is 1.76 bits per heavy atom. The average Bonchev–Trinajstić information content (AvgIpc) is 3.70.